The molecule has 0 bridgehead atoms. The molecule has 3 rings (SSSR count). The first-order chi connectivity index (χ1) is 11.4. The van der Waals surface area contributed by atoms with Crippen LogP contribution in [0.4, 0.5) is 0 Å². The molecular formula is C18H22N3OS2+. The van der Waals surface area contributed by atoms with E-state index < -0.39 is 5.54 Å². The van der Waals surface area contributed by atoms with Crippen molar-refractivity contribution < 1.29 is 9.69 Å². The number of rotatable bonds is 4. The zero-order valence-corrected chi connectivity index (χ0v) is 15.8. The Morgan fingerprint density at radius 2 is 2.21 bits per heavy atom. The molecule has 0 aromatic carbocycles. The summed E-state index contributed by atoms with van der Waals surface area (Å²) >= 11 is 3.57. The zero-order chi connectivity index (χ0) is 17.3. The highest BCUT2D eigenvalue weighted by Gasteiger charge is 2.37. The van der Waals surface area contributed by atoms with Crippen molar-refractivity contribution in [3.8, 4) is 6.07 Å². The van der Waals surface area contributed by atoms with Gasteiger partial charge in [-0.05, 0) is 36.7 Å². The number of quaternary nitrogens is 1. The highest BCUT2D eigenvalue weighted by Crippen LogP contribution is 2.31. The molecule has 0 aliphatic carbocycles. The van der Waals surface area contributed by atoms with Gasteiger partial charge in [-0.1, -0.05) is 6.07 Å². The average Bonchev–Trinajstić information content (AvgIpc) is 3.25. The number of amides is 1. The Morgan fingerprint density at radius 1 is 1.42 bits per heavy atom. The van der Waals surface area contributed by atoms with Gasteiger partial charge in [0.15, 0.2) is 6.54 Å². The minimum atomic E-state index is -0.779. The molecule has 1 aliphatic heterocycles. The van der Waals surface area contributed by atoms with Gasteiger partial charge >= 0.3 is 0 Å². The van der Waals surface area contributed by atoms with E-state index in [1.807, 2.05) is 11.3 Å². The molecule has 1 amide bonds. The third-order valence-corrected chi connectivity index (χ3v) is 6.80. The highest BCUT2D eigenvalue weighted by molar-refractivity contribution is 7.10. The molecule has 0 radical (unpaired) electrons. The van der Waals surface area contributed by atoms with Crippen LogP contribution in [-0.2, 0) is 11.2 Å². The number of carbonyl (C=O) groups is 1. The fourth-order valence-corrected chi connectivity index (χ4v) is 4.97. The summed E-state index contributed by atoms with van der Waals surface area (Å²) in [5, 5.41) is 13.5. The van der Waals surface area contributed by atoms with Gasteiger partial charge in [-0.3, -0.25) is 4.79 Å². The molecule has 2 aromatic heterocycles. The second-order valence-corrected chi connectivity index (χ2v) is 8.69. The van der Waals surface area contributed by atoms with E-state index >= 15 is 0 Å². The van der Waals surface area contributed by atoms with E-state index in [2.05, 4.69) is 35.0 Å². The summed E-state index contributed by atoms with van der Waals surface area (Å²) in [6.45, 7) is 4.93. The van der Waals surface area contributed by atoms with Crippen LogP contribution in [0.1, 0.15) is 35.2 Å². The number of thiophene rings is 2. The first kappa shape index (κ1) is 17.2. The first-order valence-electron chi connectivity index (χ1n) is 8.06. The van der Waals surface area contributed by atoms with E-state index in [0.29, 0.717) is 6.54 Å². The van der Waals surface area contributed by atoms with Crippen LogP contribution in [0.2, 0.25) is 0 Å². The number of nitriles is 1. The summed E-state index contributed by atoms with van der Waals surface area (Å²) in [7, 11) is 1.73. The number of carbonyl (C=O) groups excluding carboxylic acids is 1. The van der Waals surface area contributed by atoms with Crippen LogP contribution in [0.25, 0.3) is 0 Å². The van der Waals surface area contributed by atoms with Gasteiger partial charge in [0, 0.05) is 23.9 Å². The predicted octanol–water partition coefficient (Wildman–Crippen LogP) is 2.10. The van der Waals surface area contributed by atoms with Gasteiger partial charge < -0.3 is 9.80 Å². The zero-order valence-electron chi connectivity index (χ0n) is 14.2. The Hall–Kier alpha value is -1.68. The maximum atomic E-state index is 12.7. The second kappa shape index (κ2) is 6.67. The molecule has 1 aliphatic rings. The molecule has 2 atom stereocenters. The van der Waals surface area contributed by atoms with Crippen molar-refractivity contribution in [3.63, 3.8) is 0 Å². The van der Waals surface area contributed by atoms with Crippen molar-refractivity contribution in [2.24, 2.45) is 0 Å². The van der Waals surface area contributed by atoms with Crippen LogP contribution in [0, 0.1) is 11.3 Å². The van der Waals surface area contributed by atoms with E-state index in [1.165, 1.54) is 20.2 Å². The van der Waals surface area contributed by atoms with Crippen LogP contribution in [0.5, 0.6) is 0 Å². The van der Waals surface area contributed by atoms with E-state index in [4.69, 9.17) is 0 Å². The maximum absolute atomic E-state index is 12.7. The standard InChI is InChI=1S/C18H21N3OS2/c1-18(2,12-19)20(3)16(22)11-21-8-6-14-13(7-10-24-14)17(21)15-5-4-9-23-15/h4-5,7,9-10,17H,6,8,11H2,1-3H3/p+1/t17-/m0/s1. The average molecular weight is 361 g/mol. The molecule has 2 aromatic rings. The third kappa shape index (κ3) is 3.12. The van der Waals surface area contributed by atoms with Crippen molar-refractivity contribution in [1.29, 1.82) is 5.26 Å². The molecule has 0 spiro atoms. The minimum Gasteiger partial charge on any atom is -0.323 e. The fourth-order valence-electron chi connectivity index (χ4n) is 3.15. The van der Waals surface area contributed by atoms with Crippen molar-refractivity contribution in [2.75, 3.05) is 20.1 Å². The van der Waals surface area contributed by atoms with E-state index in [1.54, 1.807) is 37.1 Å². The number of hydrogen-bond acceptors (Lipinski definition) is 4. The van der Waals surface area contributed by atoms with Gasteiger partial charge in [-0.25, -0.2) is 0 Å². The monoisotopic (exact) mass is 360 g/mol. The minimum absolute atomic E-state index is 0.0248. The van der Waals surface area contributed by atoms with Gasteiger partial charge in [0.05, 0.1) is 17.5 Å². The Balaban J connectivity index is 1.85. The Morgan fingerprint density at radius 3 is 2.88 bits per heavy atom. The van der Waals surface area contributed by atoms with Crippen LogP contribution in [0.3, 0.4) is 0 Å². The largest absolute Gasteiger partial charge is 0.323 e. The normalized spacial score (nSPS) is 20.2. The third-order valence-electron chi connectivity index (χ3n) is 4.86. The van der Waals surface area contributed by atoms with Gasteiger partial charge in [0.25, 0.3) is 5.91 Å². The van der Waals surface area contributed by atoms with Crippen LogP contribution >= 0.6 is 22.7 Å². The lowest BCUT2D eigenvalue weighted by atomic mass is 9.98. The lowest BCUT2D eigenvalue weighted by Crippen LogP contribution is -3.14. The second-order valence-electron chi connectivity index (χ2n) is 6.71. The molecule has 1 N–H and O–H groups in total. The summed E-state index contributed by atoms with van der Waals surface area (Å²) < 4.78 is 0. The van der Waals surface area contributed by atoms with Gasteiger partial charge in [-0.2, -0.15) is 5.26 Å². The van der Waals surface area contributed by atoms with Crippen molar-refractivity contribution in [3.05, 3.63) is 44.3 Å². The summed E-state index contributed by atoms with van der Waals surface area (Å²) in [6.07, 6.45) is 1.02. The van der Waals surface area contributed by atoms with Crippen LogP contribution in [-0.4, -0.2) is 36.5 Å². The van der Waals surface area contributed by atoms with Crippen molar-refractivity contribution >= 4 is 28.6 Å². The molecule has 0 fully saturated rings. The summed E-state index contributed by atoms with van der Waals surface area (Å²) in [6, 6.07) is 8.88. The number of hydrogen-bond donors (Lipinski definition) is 1. The molecule has 1 unspecified atom stereocenters. The number of likely N-dealkylation sites (N-methyl/N-ethyl adjacent to an activating group) is 1. The SMILES string of the molecule is CN(C(=O)C[NH+]1CCc2sccc2[C@H]1c1cccs1)C(C)(C)C#N. The molecule has 0 saturated heterocycles. The topological polar surface area (TPSA) is 48.5 Å². The number of nitrogens with one attached hydrogen (secondary N) is 1. The molecule has 6 heteroatoms. The Kier molecular flexibility index (Phi) is 4.77. The Bertz CT molecular complexity index is 758. The molecule has 126 valence electrons. The fraction of sp³-hybridized carbons (Fsp3) is 0.444. The summed E-state index contributed by atoms with van der Waals surface area (Å²) in [4.78, 5) is 18.3. The van der Waals surface area contributed by atoms with E-state index in [0.717, 1.165) is 13.0 Å². The smallest absolute Gasteiger partial charge is 0.278 e. The molecule has 24 heavy (non-hydrogen) atoms. The van der Waals surface area contributed by atoms with Gasteiger partial charge in [-0.15, -0.1) is 22.7 Å². The quantitative estimate of drug-likeness (QED) is 0.908. The number of nitrogens with zero attached hydrogens (tertiary/aromatic N) is 2. The highest BCUT2D eigenvalue weighted by atomic mass is 32.1. The van der Waals surface area contributed by atoms with Gasteiger partial charge in [0.2, 0.25) is 0 Å². The van der Waals surface area contributed by atoms with Crippen molar-refractivity contribution in [2.45, 2.75) is 31.8 Å². The summed E-state index contributed by atoms with van der Waals surface area (Å²) in [5.41, 5.74) is 0.580. The van der Waals surface area contributed by atoms with Crippen LogP contribution < -0.4 is 4.90 Å². The molecule has 4 nitrogen and oxygen atoms in total. The predicted molar refractivity (Wildman–Crippen MR) is 97.3 cm³/mol. The van der Waals surface area contributed by atoms with Gasteiger partial charge in [0.1, 0.15) is 11.6 Å². The molecule has 0 saturated carbocycles. The summed E-state index contributed by atoms with van der Waals surface area (Å²) in [5.74, 6) is 0.0248. The van der Waals surface area contributed by atoms with E-state index in [-0.39, 0.29) is 11.9 Å². The Labute approximate surface area is 150 Å². The first-order valence-corrected chi connectivity index (χ1v) is 9.82. The maximum Gasteiger partial charge on any atom is 0.278 e. The lowest BCUT2D eigenvalue weighted by molar-refractivity contribution is -0.919. The van der Waals surface area contributed by atoms with E-state index in [9.17, 15) is 10.1 Å². The molecular weight excluding hydrogens is 338 g/mol. The van der Waals surface area contributed by atoms with Crippen LogP contribution in [0.15, 0.2) is 29.0 Å². The van der Waals surface area contributed by atoms with Crippen molar-refractivity contribution in [1.82, 2.24) is 4.90 Å². The lowest BCUT2D eigenvalue weighted by Gasteiger charge is -2.35. The molecule has 3 heterocycles. The number of fused-ring (bicyclic) bond motifs is 1.